The first kappa shape index (κ1) is 22.4. The molecule has 34 heavy (non-hydrogen) atoms. The third kappa shape index (κ3) is 4.90. The highest BCUT2D eigenvalue weighted by molar-refractivity contribution is 8.14. The molecule has 168 valence electrons. The largest absolute Gasteiger partial charge is 0.321 e. The van der Waals surface area contributed by atoms with E-state index >= 15 is 0 Å². The Kier molecular flexibility index (Phi) is 6.47. The van der Waals surface area contributed by atoms with Crippen molar-refractivity contribution in [3.8, 4) is 11.1 Å². The Labute approximate surface area is 205 Å². The smallest absolute Gasteiger partial charge is 0.263 e. The summed E-state index contributed by atoms with van der Waals surface area (Å²) in [4.78, 5) is 38.9. The van der Waals surface area contributed by atoms with Crippen LogP contribution >= 0.6 is 23.5 Å². The van der Waals surface area contributed by atoms with Crippen LogP contribution in [0.1, 0.15) is 12.0 Å². The van der Waals surface area contributed by atoms with Gasteiger partial charge >= 0.3 is 0 Å². The Morgan fingerprint density at radius 3 is 2.41 bits per heavy atom. The van der Waals surface area contributed by atoms with Crippen LogP contribution < -0.4 is 5.56 Å². The lowest BCUT2D eigenvalue weighted by molar-refractivity contribution is -0.116. The molecule has 0 saturated heterocycles. The number of pyridine rings is 1. The number of fused-ring (bicyclic) bond motifs is 1. The average molecular weight is 484 g/mol. The van der Waals surface area contributed by atoms with Gasteiger partial charge in [0.05, 0.1) is 11.3 Å². The topological polar surface area (TPSA) is 74.7 Å². The lowest BCUT2D eigenvalue weighted by Crippen LogP contribution is -2.18. The van der Waals surface area contributed by atoms with Crippen molar-refractivity contribution < 1.29 is 4.79 Å². The number of thioether (sulfide) groups is 2. The van der Waals surface area contributed by atoms with E-state index in [9.17, 15) is 9.59 Å². The fourth-order valence-corrected chi connectivity index (χ4v) is 5.56. The van der Waals surface area contributed by atoms with E-state index < -0.39 is 0 Å². The van der Waals surface area contributed by atoms with Crippen LogP contribution in [0.25, 0.3) is 22.0 Å². The van der Waals surface area contributed by atoms with Gasteiger partial charge in [0.15, 0.2) is 5.17 Å². The third-order valence-corrected chi connectivity index (χ3v) is 7.43. The van der Waals surface area contributed by atoms with Gasteiger partial charge in [-0.15, -0.1) is 11.8 Å². The quantitative estimate of drug-likeness (QED) is 0.347. The first-order chi connectivity index (χ1) is 16.6. The van der Waals surface area contributed by atoms with Crippen molar-refractivity contribution >= 4 is 51.2 Å². The maximum absolute atomic E-state index is 13.1. The third-order valence-electron chi connectivity index (χ3n) is 5.39. The van der Waals surface area contributed by atoms with Gasteiger partial charge in [-0.25, -0.2) is 4.99 Å². The Hall–Kier alpha value is -3.42. The van der Waals surface area contributed by atoms with Crippen LogP contribution in [0, 0.1) is 6.92 Å². The number of benzene rings is 3. The summed E-state index contributed by atoms with van der Waals surface area (Å²) in [6.07, 6.45) is 0.197. The molecule has 7 heteroatoms. The first-order valence-corrected chi connectivity index (χ1v) is 12.6. The van der Waals surface area contributed by atoms with E-state index in [1.54, 1.807) is 11.8 Å². The summed E-state index contributed by atoms with van der Waals surface area (Å²) < 4.78 is 0. The van der Waals surface area contributed by atoms with Gasteiger partial charge < -0.3 is 4.98 Å². The number of hydrogen-bond acceptors (Lipinski definition) is 5. The number of hydrogen-bond donors (Lipinski definition) is 1. The van der Waals surface area contributed by atoms with Gasteiger partial charge in [-0.3, -0.25) is 9.59 Å². The molecule has 0 fully saturated rings. The molecule has 0 unspecified atom stereocenters. The molecule has 3 aromatic carbocycles. The Morgan fingerprint density at radius 1 is 0.882 bits per heavy atom. The number of amides is 1. The van der Waals surface area contributed by atoms with Crippen molar-refractivity contribution in [1.29, 1.82) is 0 Å². The maximum atomic E-state index is 13.1. The fourth-order valence-electron chi connectivity index (χ4n) is 3.76. The van der Waals surface area contributed by atoms with E-state index in [4.69, 9.17) is 0 Å². The van der Waals surface area contributed by atoms with E-state index in [-0.39, 0.29) is 17.9 Å². The van der Waals surface area contributed by atoms with Crippen molar-refractivity contribution in [3.63, 3.8) is 0 Å². The lowest BCUT2D eigenvalue weighted by Gasteiger charge is -2.14. The van der Waals surface area contributed by atoms with E-state index in [0.29, 0.717) is 15.8 Å². The van der Waals surface area contributed by atoms with E-state index in [0.717, 1.165) is 44.4 Å². The summed E-state index contributed by atoms with van der Waals surface area (Å²) in [7, 11) is 0. The number of amidine groups is 1. The van der Waals surface area contributed by atoms with Gasteiger partial charge in [0, 0.05) is 32.8 Å². The second-order valence-electron chi connectivity index (χ2n) is 7.92. The Bertz CT molecular complexity index is 1490. The molecule has 0 radical (unpaired) electrons. The van der Waals surface area contributed by atoms with Crippen molar-refractivity contribution in [3.05, 3.63) is 94.8 Å². The van der Waals surface area contributed by atoms with Crippen molar-refractivity contribution in [2.75, 3.05) is 5.75 Å². The number of carbonyl (C=O) groups is 1. The molecule has 0 aliphatic carbocycles. The number of rotatable bonds is 5. The molecule has 5 nitrogen and oxygen atoms in total. The van der Waals surface area contributed by atoms with Crippen molar-refractivity contribution in [2.24, 2.45) is 9.98 Å². The number of nitrogens with one attached hydrogen (secondary N) is 1. The Balaban J connectivity index is 1.49. The number of H-pyrrole nitrogens is 1. The van der Waals surface area contributed by atoms with Crippen LogP contribution in [-0.2, 0) is 4.79 Å². The zero-order chi connectivity index (χ0) is 23.5. The van der Waals surface area contributed by atoms with Crippen molar-refractivity contribution in [1.82, 2.24) is 4.98 Å². The fraction of sp³-hybridized carbons (Fsp3) is 0.111. The number of nitrogens with zero attached hydrogens (tertiary/aromatic N) is 2. The van der Waals surface area contributed by atoms with Crippen LogP contribution in [-0.4, -0.2) is 27.5 Å². The van der Waals surface area contributed by atoms with Gasteiger partial charge in [0.2, 0.25) is 0 Å². The number of aliphatic imine (C=N–C) groups is 2. The molecule has 1 aromatic heterocycles. The lowest BCUT2D eigenvalue weighted by atomic mass is 10.0. The molecule has 0 saturated carbocycles. The molecule has 1 aliphatic heterocycles. The SMILES string of the molecule is Cc1ccc(SCC2=NC(Sc3c(-c4ccccc4)c4ccccc4[nH]c3=O)=NC(=O)C2)cc1. The first-order valence-electron chi connectivity index (χ1n) is 10.8. The number of para-hydroxylation sites is 1. The summed E-state index contributed by atoms with van der Waals surface area (Å²) in [6, 6.07) is 25.8. The zero-order valence-electron chi connectivity index (χ0n) is 18.4. The van der Waals surface area contributed by atoms with E-state index in [1.165, 1.54) is 5.56 Å². The van der Waals surface area contributed by atoms with E-state index in [2.05, 4.69) is 46.2 Å². The predicted octanol–water partition coefficient (Wildman–Crippen LogP) is 6.12. The molecule has 2 heterocycles. The average Bonchev–Trinajstić information content (AvgIpc) is 2.84. The monoisotopic (exact) mass is 483 g/mol. The number of aryl methyl sites for hydroxylation is 1. The minimum Gasteiger partial charge on any atom is -0.321 e. The molecule has 1 amide bonds. The second-order valence-corrected chi connectivity index (χ2v) is 9.94. The van der Waals surface area contributed by atoms with Crippen LogP contribution in [0.3, 0.4) is 0 Å². The highest BCUT2D eigenvalue weighted by Crippen LogP contribution is 2.35. The molecule has 5 rings (SSSR count). The minimum absolute atomic E-state index is 0.197. The van der Waals surface area contributed by atoms with Gasteiger partial charge in [-0.2, -0.15) is 4.99 Å². The summed E-state index contributed by atoms with van der Waals surface area (Å²) in [5, 5.41) is 1.23. The zero-order valence-corrected chi connectivity index (χ0v) is 20.1. The standard InChI is InChI=1S/C27H21N3O2S2/c1-17-11-13-20(14-12-17)33-16-19-15-23(31)30-27(28-19)34-25-24(18-7-3-2-4-8-18)21-9-5-6-10-22(21)29-26(25)32/h2-14H,15-16H2,1H3,(H,29,32). The van der Waals surface area contributed by atoms with Gasteiger partial charge in [0.25, 0.3) is 11.5 Å². The van der Waals surface area contributed by atoms with Gasteiger partial charge in [-0.05, 0) is 42.4 Å². The highest BCUT2D eigenvalue weighted by Gasteiger charge is 2.21. The van der Waals surface area contributed by atoms with Crippen LogP contribution in [0.5, 0.6) is 0 Å². The highest BCUT2D eigenvalue weighted by atomic mass is 32.2. The number of aromatic amines is 1. The summed E-state index contributed by atoms with van der Waals surface area (Å²) in [5.41, 5.74) is 4.23. The van der Waals surface area contributed by atoms with Crippen molar-refractivity contribution in [2.45, 2.75) is 23.1 Å². The summed E-state index contributed by atoms with van der Waals surface area (Å²) in [6.45, 7) is 2.05. The predicted molar refractivity (Wildman–Crippen MR) is 142 cm³/mol. The molecule has 0 spiro atoms. The second kappa shape index (κ2) is 9.83. The maximum Gasteiger partial charge on any atom is 0.263 e. The number of aromatic nitrogens is 1. The molecule has 1 aliphatic rings. The molecular formula is C27H21N3O2S2. The molecule has 4 aromatic rings. The summed E-state index contributed by atoms with van der Waals surface area (Å²) >= 11 is 2.78. The molecular weight excluding hydrogens is 462 g/mol. The van der Waals surface area contributed by atoms with Gasteiger partial charge in [-0.1, -0.05) is 66.2 Å². The summed E-state index contributed by atoms with van der Waals surface area (Å²) in [5.74, 6) is 0.351. The molecule has 0 bridgehead atoms. The Morgan fingerprint density at radius 2 is 1.62 bits per heavy atom. The van der Waals surface area contributed by atoms with Gasteiger partial charge in [0.1, 0.15) is 0 Å². The van der Waals surface area contributed by atoms with Crippen LogP contribution in [0.4, 0.5) is 0 Å². The van der Waals surface area contributed by atoms with Crippen LogP contribution in [0.15, 0.2) is 103 Å². The molecule has 1 N–H and O–H groups in total. The molecule has 0 atom stereocenters. The number of carbonyl (C=O) groups excluding carboxylic acids is 1. The van der Waals surface area contributed by atoms with E-state index in [1.807, 2.05) is 54.6 Å². The normalized spacial score (nSPS) is 13.6. The minimum atomic E-state index is -0.240. The van der Waals surface area contributed by atoms with Crippen LogP contribution in [0.2, 0.25) is 0 Å².